The van der Waals surface area contributed by atoms with Gasteiger partial charge in [-0.2, -0.15) is 0 Å². The van der Waals surface area contributed by atoms with E-state index in [0.717, 1.165) is 5.06 Å². The summed E-state index contributed by atoms with van der Waals surface area (Å²) in [7, 11) is 2.94. The first-order valence-electron chi connectivity index (χ1n) is 5.70. The number of amides is 2. The average molecular weight is 285 g/mol. The molecule has 1 N–H and O–H groups in total. The molecule has 1 rings (SSSR count). The van der Waals surface area contributed by atoms with E-state index in [0.29, 0.717) is 23.9 Å². The summed E-state index contributed by atoms with van der Waals surface area (Å²) in [6.07, 6.45) is 3.64. The molecule has 0 radical (unpaired) electrons. The van der Waals surface area contributed by atoms with Gasteiger partial charge in [-0.1, -0.05) is 18.2 Å². The lowest BCUT2D eigenvalue weighted by molar-refractivity contribution is -0.0598. The lowest BCUT2D eigenvalue weighted by atomic mass is 10.3. The number of urea groups is 1. The van der Waals surface area contributed by atoms with Crippen molar-refractivity contribution in [3.63, 3.8) is 0 Å². The van der Waals surface area contributed by atoms with Crippen molar-refractivity contribution in [1.29, 1.82) is 0 Å². The molecule has 0 spiro atoms. The number of hydrogen-bond acceptors (Lipinski definition) is 3. The highest BCUT2D eigenvalue weighted by Gasteiger charge is 2.07. The third kappa shape index (κ3) is 5.63. The van der Waals surface area contributed by atoms with Crippen LogP contribution in [0.4, 0.5) is 10.5 Å². The van der Waals surface area contributed by atoms with E-state index in [4.69, 9.17) is 21.2 Å². The summed E-state index contributed by atoms with van der Waals surface area (Å²) >= 11 is 5.50. The summed E-state index contributed by atoms with van der Waals surface area (Å²) in [5, 5.41) is 3.77. The molecule has 5 nitrogen and oxygen atoms in total. The predicted octanol–water partition coefficient (Wildman–Crippen LogP) is 2.89. The zero-order valence-corrected chi connectivity index (χ0v) is 11.7. The Balaban J connectivity index is 2.56. The maximum absolute atomic E-state index is 11.6. The van der Waals surface area contributed by atoms with Gasteiger partial charge in [-0.3, -0.25) is 4.84 Å². The van der Waals surface area contributed by atoms with E-state index in [-0.39, 0.29) is 6.03 Å². The second-order valence-corrected chi connectivity index (χ2v) is 3.88. The van der Waals surface area contributed by atoms with Crippen LogP contribution in [0.15, 0.2) is 36.4 Å². The molecule has 0 aliphatic carbocycles. The minimum absolute atomic E-state index is 0.360. The molecule has 0 atom stereocenters. The van der Waals surface area contributed by atoms with Gasteiger partial charge < -0.3 is 10.1 Å². The first-order chi connectivity index (χ1) is 9.17. The number of nitrogens with one attached hydrogen (secondary N) is 1. The van der Waals surface area contributed by atoms with Crippen LogP contribution >= 0.6 is 11.6 Å². The van der Waals surface area contributed by atoms with Crippen molar-refractivity contribution in [3.8, 4) is 5.75 Å². The molecule has 0 aliphatic heterocycles. The van der Waals surface area contributed by atoms with E-state index >= 15 is 0 Å². The standard InChI is InChI=1S/C13H17ClN2O3/c1-16(18-2)13(17)15-11-6-5-7-12(10-11)19-9-4-3-8-14/h3-7,10H,8-9H2,1-2H3,(H,15,17)/b4-3+. The van der Waals surface area contributed by atoms with Gasteiger partial charge in [0.15, 0.2) is 0 Å². The fourth-order valence-corrected chi connectivity index (χ4v) is 1.35. The third-order valence-electron chi connectivity index (χ3n) is 2.25. The minimum Gasteiger partial charge on any atom is -0.489 e. The lowest BCUT2D eigenvalue weighted by Gasteiger charge is -2.15. The Bertz CT molecular complexity index is 438. The molecule has 0 aliphatic rings. The molecule has 1 aromatic carbocycles. The van der Waals surface area contributed by atoms with Gasteiger partial charge in [-0.25, -0.2) is 9.86 Å². The monoisotopic (exact) mass is 284 g/mol. The Hall–Kier alpha value is -1.72. The first kappa shape index (κ1) is 15.3. The molecule has 2 amide bonds. The van der Waals surface area contributed by atoms with Crippen molar-refractivity contribution in [2.45, 2.75) is 0 Å². The minimum atomic E-state index is -0.360. The largest absolute Gasteiger partial charge is 0.489 e. The summed E-state index contributed by atoms with van der Waals surface area (Å²) in [5.74, 6) is 1.13. The van der Waals surface area contributed by atoms with Gasteiger partial charge in [0.05, 0.1) is 7.11 Å². The molecular formula is C13H17ClN2O3. The number of ether oxygens (including phenoxy) is 1. The smallest absolute Gasteiger partial charge is 0.345 e. The van der Waals surface area contributed by atoms with Crippen LogP contribution in [0.25, 0.3) is 0 Å². The highest BCUT2D eigenvalue weighted by Crippen LogP contribution is 2.17. The van der Waals surface area contributed by atoms with E-state index in [2.05, 4.69) is 5.32 Å². The maximum Gasteiger partial charge on any atom is 0.345 e. The summed E-state index contributed by atoms with van der Waals surface area (Å²) in [5.41, 5.74) is 0.632. The first-order valence-corrected chi connectivity index (χ1v) is 6.23. The van der Waals surface area contributed by atoms with E-state index in [1.807, 2.05) is 12.1 Å². The molecule has 0 saturated heterocycles. The molecule has 19 heavy (non-hydrogen) atoms. The van der Waals surface area contributed by atoms with E-state index in [1.54, 1.807) is 24.3 Å². The average Bonchev–Trinajstić information content (AvgIpc) is 2.43. The van der Waals surface area contributed by atoms with Gasteiger partial charge in [0.25, 0.3) is 0 Å². The number of rotatable bonds is 6. The number of hydroxylamine groups is 2. The molecule has 0 heterocycles. The number of nitrogens with zero attached hydrogens (tertiary/aromatic N) is 1. The fraction of sp³-hybridized carbons (Fsp3) is 0.308. The number of hydrogen-bond donors (Lipinski definition) is 1. The van der Waals surface area contributed by atoms with Gasteiger partial charge in [0.1, 0.15) is 12.4 Å². The SMILES string of the molecule is CON(C)C(=O)Nc1cccc(OC/C=C/CCl)c1. The van der Waals surface area contributed by atoms with E-state index < -0.39 is 0 Å². The van der Waals surface area contributed by atoms with E-state index in [1.165, 1.54) is 14.2 Å². The Morgan fingerprint density at radius 2 is 2.26 bits per heavy atom. The van der Waals surface area contributed by atoms with Crippen LogP contribution < -0.4 is 10.1 Å². The molecule has 0 aromatic heterocycles. The summed E-state index contributed by atoms with van der Waals surface area (Å²) < 4.78 is 5.48. The number of alkyl halides is 1. The molecule has 0 fully saturated rings. The third-order valence-corrected chi connectivity index (χ3v) is 2.43. The molecule has 6 heteroatoms. The zero-order valence-electron chi connectivity index (χ0n) is 10.9. The Labute approximate surface area is 117 Å². The summed E-state index contributed by atoms with van der Waals surface area (Å²) in [6, 6.07) is 6.74. The number of carbonyl (C=O) groups is 1. The van der Waals surface area contributed by atoms with E-state index in [9.17, 15) is 4.79 Å². The fourth-order valence-electron chi connectivity index (χ4n) is 1.22. The number of carbonyl (C=O) groups excluding carboxylic acids is 1. The molecule has 0 bridgehead atoms. The highest BCUT2D eigenvalue weighted by molar-refractivity contribution is 6.18. The zero-order chi connectivity index (χ0) is 14.1. The normalized spacial score (nSPS) is 10.5. The number of anilines is 1. The molecule has 0 unspecified atom stereocenters. The van der Waals surface area contributed by atoms with Crippen molar-refractivity contribution < 1.29 is 14.4 Å². The molecular weight excluding hydrogens is 268 g/mol. The van der Waals surface area contributed by atoms with Crippen LogP contribution in [0, 0.1) is 0 Å². The summed E-state index contributed by atoms with van der Waals surface area (Å²) in [6.45, 7) is 0.433. The molecule has 0 saturated carbocycles. The highest BCUT2D eigenvalue weighted by atomic mass is 35.5. The number of benzene rings is 1. The van der Waals surface area contributed by atoms with Crippen LogP contribution in [0.1, 0.15) is 0 Å². The quantitative estimate of drug-likeness (QED) is 0.496. The predicted molar refractivity (Wildman–Crippen MR) is 75.6 cm³/mol. The summed E-state index contributed by atoms with van der Waals surface area (Å²) in [4.78, 5) is 16.4. The number of allylic oxidation sites excluding steroid dienone is 1. The Morgan fingerprint density at radius 3 is 2.95 bits per heavy atom. The van der Waals surface area contributed by atoms with Crippen LogP contribution in [-0.4, -0.2) is 37.7 Å². The van der Waals surface area contributed by atoms with Gasteiger partial charge in [-0.15, -0.1) is 11.6 Å². The van der Waals surface area contributed by atoms with Gasteiger partial charge in [0, 0.05) is 24.7 Å². The molecule has 104 valence electrons. The second-order valence-electron chi connectivity index (χ2n) is 3.57. The van der Waals surface area contributed by atoms with Crippen molar-refractivity contribution in [1.82, 2.24) is 5.06 Å². The molecule has 1 aromatic rings. The van der Waals surface area contributed by atoms with Gasteiger partial charge >= 0.3 is 6.03 Å². The van der Waals surface area contributed by atoms with Crippen LogP contribution in [0.3, 0.4) is 0 Å². The van der Waals surface area contributed by atoms with Crippen LogP contribution in [0.5, 0.6) is 5.75 Å². The van der Waals surface area contributed by atoms with Crippen molar-refractivity contribution in [3.05, 3.63) is 36.4 Å². The van der Waals surface area contributed by atoms with Gasteiger partial charge in [-0.05, 0) is 12.1 Å². The van der Waals surface area contributed by atoms with Gasteiger partial charge in [0.2, 0.25) is 0 Å². The van der Waals surface area contributed by atoms with Crippen LogP contribution in [-0.2, 0) is 4.84 Å². The maximum atomic E-state index is 11.6. The van der Waals surface area contributed by atoms with Crippen molar-refractivity contribution >= 4 is 23.3 Å². The Morgan fingerprint density at radius 1 is 1.47 bits per heavy atom. The number of halogens is 1. The van der Waals surface area contributed by atoms with Crippen molar-refractivity contribution in [2.24, 2.45) is 0 Å². The van der Waals surface area contributed by atoms with Crippen LogP contribution in [0.2, 0.25) is 0 Å². The van der Waals surface area contributed by atoms with Crippen molar-refractivity contribution in [2.75, 3.05) is 32.0 Å². The second kappa shape index (κ2) is 8.39. The topological polar surface area (TPSA) is 50.8 Å². The Kier molecular flexibility index (Phi) is 6.78. The lowest BCUT2D eigenvalue weighted by Crippen LogP contribution is -2.30.